The Balaban J connectivity index is 1.69. The van der Waals surface area contributed by atoms with Crippen molar-refractivity contribution in [1.29, 1.82) is 0 Å². The van der Waals surface area contributed by atoms with E-state index in [-0.39, 0.29) is 0 Å². The lowest BCUT2D eigenvalue weighted by Gasteiger charge is -2.22. The molecule has 1 heterocycles. The number of nitrogens with zero attached hydrogens (tertiary/aromatic N) is 2. The molecule has 1 aromatic rings. The number of aliphatic hydroxyl groups excluding tert-OH is 1. The average Bonchev–Trinajstić information content (AvgIpc) is 3.03. The Morgan fingerprint density at radius 3 is 2.88 bits per heavy atom. The van der Waals surface area contributed by atoms with Gasteiger partial charge in [0.1, 0.15) is 0 Å². The Bertz CT molecular complexity index is 308. The lowest BCUT2D eigenvalue weighted by molar-refractivity contribution is 0.247. The quantitative estimate of drug-likeness (QED) is 0.719. The molecule has 17 heavy (non-hydrogen) atoms. The first kappa shape index (κ1) is 12.6. The smallest absolute Gasteiger partial charge is 0.0489 e. The summed E-state index contributed by atoms with van der Waals surface area (Å²) in [5.74, 6) is 0.800. The van der Waals surface area contributed by atoms with Crippen LogP contribution in [0.3, 0.4) is 0 Å². The molecule has 2 unspecified atom stereocenters. The lowest BCUT2D eigenvalue weighted by Crippen LogP contribution is -2.39. The molecule has 2 rings (SSSR count). The molecule has 0 saturated heterocycles. The van der Waals surface area contributed by atoms with Gasteiger partial charge >= 0.3 is 0 Å². The van der Waals surface area contributed by atoms with Gasteiger partial charge in [-0.25, -0.2) is 0 Å². The summed E-state index contributed by atoms with van der Waals surface area (Å²) in [6.45, 7) is 3.47. The molecule has 2 atom stereocenters. The van der Waals surface area contributed by atoms with Gasteiger partial charge in [-0.15, -0.1) is 0 Å². The first-order chi connectivity index (χ1) is 8.29. The fourth-order valence-electron chi connectivity index (χ4n) is 2.30. The van der Waals surface area contributed by atoms with E-state index in [2.05, 4.69) is 17.3 Å². The van der Waals surface area contributed by atoms with Gasteiger partial charge in [0.05, 0.1) is 0 Å². The van der Waals surface area contributed by atoms with Crippen LogP contribution in [0, 0.1) is 5.92 Å². The van der Waals surface area contributed by atoms with Gasteiger partial charge in [-0.2, -0.15) is 5.10 Å². The van der Waals surface area contributed by atoms with Gasteiger partial charge in [-0.1, -0.05) is 0 Å². The van der Waals surface area contributed by atoms with Crippen molar-refractivity contribution in [2.45, 2.75) is 51.2 Å². The van der Waals surface area contributed by atoms with Crippen LogP contribution in [-0.4, -0.2) is 33.6 Å². The van der Waals surface area contributed by atoms with Gasteiger partial charge in [-0.05, 0) is 44.6 Å². The molecule has 0 spiro atoms. The normalized spacial score (nSPS) is 19.2. The number of aryl methyl sites for hydroxylation is 1. The maximum Gasteiger partial charge on any atom is 0.0489 e. The zero-order valence-electron chi connectivity index (χ0n) is 10.5. The van der Waals surface area contributed by atoms with Gasteiger partial charge in [0, 0.05) is 37.6 Å². The molecular weight excluding hydrogens is 214 g/mol. The van der Waals surface area contributed by atoms with E-state index in [4.69, 9.17) is 5.11 Å². The number of aliphatic hydroxyl groups is 1. The van der Waals surface area contributed by atoms with Crippen LogP contribution < -0.4 is 5.32 Å². The largest absolute Gasteiger partial charge is 0.396 e. The highest BCUT2D eigenvalue weighted by atomic mass is 16.3. The van der Waals surface area contributed by atoms with E-state index in [1.807, 2.05) is 23.1 Å². The summed E-state index contributed by atoms with van der Waals surface area (Å²) >= 11 is 0. The first-order valence-corrected chi connectivity index (χ1v) is 6.64. The highest BCUT2D eigenvalue weighted by Gasteiger charge is 2.31. The van der Waals surface area contributed by atoms with Crippen LogP contribution in [-0.2, 0) is 6.54 Å². The van der Waals surface area contributed by atoms with E-state index in [1.54, 1.807) is 0 Å². The predicted molar refractivity (Wildman–Crippen MR) is 67.7 cm³/mol. The summed E-state index contributed by atoms with van der Waals surface area (Å²) in [7, 11) is 0. The van der Waals surface area contributed by atoms with Crippen LogP contribution in [0.15, 0.2) is 18.5 Å². The fraction of sp³-hybridized carbons (Fsp3) is 0.769. The summed E-state index contributed by atoms with van der Waals surface area (Å²) in [6.07, 6.45) is 8.43. The van der Waals surface area contributed by atoms with Crippen LogP contribution >= 0.6 is 0 Å². The van der Waals surface area contributed by atoms with E-state index in [1.165, 1.54) is 12.8 Å². The van der Waals surface area contributed by atoms with E-state index in [0.29, 0.717) is 18.7 Å². The van der Waals surface area contributed by atoms with Crippen LogP contribution in [0.4, 0.5) is 0 Å². The molecule has 0 amide bonds. The minimum atomic E-state index is 0.292. The van der Waals surface area contributed by atoms with Crippen LogP contribution in [0.5, 0.6) is 0 Å². The summed E-state index contributed by atoms with van der Waals surface area (Å²) in [4.78, 5) is 0. The number of aromatic nitrogens is 2. The van der Waals surface area contributed by atoms with Gasteiger partial charge in [0.15, 0.2) is 0 Å². The third-order valence-corrected chi connectivity index (χ3v) is 3.48. The SMILES string of the molecule is CC(CCn1cccn1)NC(CCO)C1CC1. The highest BCUT2D eigenvalue weighted by Crippen LogP contribution is 2.34. The molecule has 96 valence electrons. The van der Waals surface area contributed by atoms with E-state index >= 15 is 0 Å². The molecule has 0 bridgehead atoms. The van der Waals surface area contributed by atoms with Crippen LogP contribution in [0.1, 0.15) is 32.6 Å². The zero-order chi connectivity index (χ0) is 12.1. The van der Waals surface area contributed by atoms with Crippen molar-refractivity contribution in [3.05, 3.63) is 18.5 Å². The Labute approximate surface area is 103 Å². The molecule has 4 heteroatoms. The molecule has 0 radical (unpaired) electrons. The molecule has 2 N–H and O–H groups in total. The van der Waals surface area contributed by atoms with E-state index in [9.17, 15) is 0 Å². The number of hydrogen-bond donors (Lipinski definition) is 2. The number of nitrogens with one attached hydrogen (secondary N) is 1. The Morgan fingerprint density at radius 2 is 2.29 bits per heavy atom. The first-order valence-electron chi connectivity index (χ1n) is 6.64. The molecule has 1 aromatic heterocycles. The third kappa shape index (κ3) is 4.13. The Morgan fingerprint density at radius 1 is 1.47 bits per heavy atom. The fourth-order valence-corrected chi connectivity index (χ4v) is 2.30. The molecule has 1 fully saturated rings. The van der Waals surface area contributed by atoms with Crippen molar-refractivity contribution in [1.82, 2.24) is 15.1 Å². The standard InChI is InChI=1S/C13H23N3O/c1-11(5-9-16-8-2-7-14-16)15-13(6-10-17)12-3-4-12/h2,7-8,11-13,15,17H,3-6,9-10H2,1H3. The van der Waals surface area contributed by atoms with E-state index < -0.39 is 0 Å². The molecule has 4 nitrogen and oxygen atoms in total. The molecule has 1 aliphatic carbocycles. The number of rotatable bonds is 8. The maximum absolute atomic E-state index is 9.05. The molecule has 1 saturated carbocycles. The minimum absolute atomic E-state index is 0.292. The molecule has 1 aliphatic rings. The summed E-state index contributed by atoms with van der Waals surface area (Å²) in [6, 6.07) is 2.95. The second-order valence-electron chi connectivity index (χ2n) is 5.08. The predicted octanol–water partition coefficient (Wildman–Crippen LogP) is 1.41. The minimum Gasteiger partial charge on any atom is -0.396 e. The average molecular weight is 237 g/mol. The van der Waals surface area contributed by atoms with Crippen molar-refractivity contribution >= 4 is 0 Å². The monoisotopic (exact) mass is 237 g/mol. The van der Waals surface area contributed by atoms with Crippen molar-refractivity contribution in [3.63, 3.8) is 0 Å². The zero-order valence-corrected chi connectivity index (χ0v) is 10.5. The topological polar surface area (TPSA) is 50.1 Å². The lowest BCUT2D eigenvalue weighted by atomic mass is 10.1. The van der Waals surface area contributed by atoms with Gasteiger partial charge in [0.2, 0.25) is 0 Å². The Hall–Kier alpha value is -0.870. The van der Waals surface area contributed by atoms with Gasteiger partial charge < -0.3 is 10.4 Å². The molecule has 0 aliphatic heterocycles. The van der Waals surface area contributed by atoms with Crippen molar-refractivity contribution in [2.75, 3.05) is 6.61 Å². The van der Waals surface area contributed by atoms with Gasteiger partial charge in [-0.3, -0.25) is 4.68 Å². The van der Waals surface area contributed by atoms with E-state index in [0.717, 1.165) is 25.3 Å². The van der Waals surface area contributed by atoms with Crippen LogP contribution in [0.25, 0.3) is 0 Å². The third-order valence-electron chi connectivity index (χ3n) is 3.48. The Kier molecular flexibility index (Phi) is 4.57. The second-order valence-corrected chi connectivity index (χ2v) is 5.08. The summed E-state index contributed by atoms with van der Waals surface area (Å²) in [5.41, 5.74) is 0. The van der Waals surface area contributed by atoms with Crippen molar-refractivity contribution < 1.29 is 5.11 Å². The molecular formula is C13H23N3O. The van der Waals surface area contributed by atoms with Crippen molar-refractivity contribution in [3.8, 4) is 0 Å². The number of hydrogen-bond acceptors (Lipinski definition) is 3. The summed E-state index contributed by atoms with van der Waals surface area (Å²) < 4.78 is 1.97. The summed E-state index contributed by atoms with van der Waals surface area (Å²) in [5, 5.41) is 16.9. The maximum atomic E-state index is 9.05. The van der Waals surface area contributed by atoms with Gasteiger partial charge in [0.25, 0.3) is 0 Å². The van der Waals surface area contributed by atoms with Crippen molar-refractivity contribution in [2.24, 2.45) is 5.92 Å². The molecule has 0 aromatic carbocycles. The second kappa shape index (κ2) is 6.17. The van der Waals surface area contributed by atoms with Crippen LogP contribution in [0.2, 0.25) is 0 Å². The highest BCUT2D eigenvalue weighted by molar-refractivity contribution is 4.87.